The van der Waals surface area contributed by atoms with Crippen molar-refractivity contribution in [3.8, 4) is 5.75 Å². The van der Waals surface area contributed by atoms with Gasteiger partial charge in [-0.15, -0.1) is 0 Å². The van der Waals surface area contributed by atoms with Crippen LogP contribution in [0.4, 0.5) is 0 Å². The maximum Gasteiger partial charge on any atom is 0.273 e. The molecular formula is C19H22N2O3. The van der Waals surface area contributed by atoms with Crippen molar-refractivity contribution in [3.05, 3.63) is 65.2 Å². The average molecular weight is 326 g/mol. The highest BCUT2D eigenvalue weighted by Gasteiger charge is 2.15. The monoisotopic (exact) mass is 326 g/mol. The summed E-state index contributed by atoms with van der Waals surface area (Å²) in [5, 5.41) is 0. The van der Waals surface area contributed by atoms with Crippen LogP contribution >= 0.6 is 0 Å². The minimum atomic E-state index is -0.438. The fraction of sp³-hybridized carbons (Fsp3) is 0.263. The van der Waals surface area contributed by atoms with Crippen molar-refractivity contribution >= 4 is 11.8 Å². The van der Waals surface area contributed by atoms with Gasteiger partial charge in [0.05, 0.1) is 12.7 Å². The highest BCUT2D eigenvalue weighted by molar-refractivity contribution is 6.00. The molecule has 0 saturated heterocycles. The van der Waals surface area contributed by atoms with Crippen LogP contribution in [0.3, 0.4) is 0 Å². The summed E-state index contributed by atoms with van der Waals surface area (Å²) in [6.07, 6.45) is 0. The first kappa shape index (κ1) is 17.5. The van der Waals surface area contributed by atoms with E-state index in [1.807, 2.05) is 12.1 Å². The van der Waals surface area contributed by atoms with E-state index >= 15 is 0 Å². The third kappa shape index (κ3) is 4.13. The van der Waals surface area contributed by atoms with Crippen LogP contribution in [-0.2, 0) is 5.41 Å². The maximum atomic E-state index is 12.1. The van der Waals surface area contributed by atoms with Gasteiger partial charge in [0.2, 0.25) is 0 Å². The number of para-hydroxylation sites is 1. The first-order valence-corrected chi connectivity index (χ1v) is 7.67. The molecule has 0 unspecified atom stereocenters. The van der Waals surface area contributed by atoms with Gasteiger partial charge in [-0.1, -0.05) is 45.0 Å². The summed E-state index contributed by atoms with van der Waals surface area (Å²) < 4.78 is 5.13. The molecule has 0 radical (unpaired) electrons. The second-order valence-electron chi connectivity index (χ2n) is 6.44. The Morgan fingerprint density at radius 2 is 1.46 bits per heavy atom. The number of amides is 2. The molecule has 2 aromatic carbocycles. The molecule has 0 aliphatic heterocycles. The molecule has 126 valence electrons. The number of rotatable bonds is 3. The average Bonchev–Trinajstić information content (AvgIpc) is 2.58. The Morgan fingerprint density at radius 3 is 2.04 bits per heavy atom. The Bertz CT molecular complexity index is 731. The van der Waals surface area contributed by atoms with E-state index in [2.05, 4.69) is 31.6 Å². The van der Waals surface area contributed by atoms with Crippen molar-refractivity contribution in [2.45, 2.75) is 26.2 Å². The normalized spacial score (nSPS) is 10.8. The number of hydrogen-bond donors (Lipinski definition) is 2. The third-order valence-corrected chi connectivity index (χ3v) is 3.65. The van der Waals surface area contributed by atoms with Crippen LogP contribution in [0.15, 0.2) is 48.5 Å². The molecule has 0 atom stereocenters. The molecule has 2 rings (SSSR count). The van der Waals surface area contributed by atoms with Crippen LogP contribution in [0.25, 0.3) is 0 Å². The van der Waals surface area contributed by atoms with Gasteiger partial charge in [-0.05, 0) is 35.2 Å². The number of carbonyl (C=O) groups is 2. The molecule has 0 aliphatic rings. The summed E-state index contributed by atoms with van der Waals surface area (Å²) >= 11 is 0. The summed E-state index contributed by atoms with van der Waals surface area (Å²) in [7, 11) is 1.49. The van der Waals surface area contributed by atoms with Gasteiger partial charge in [-0.3, -0.25) is 20.4 Å². The van der Waals surface area contributed by atoms with Gasteiger partial charge in [0.15, 0.2) is 0 Å². The zero-order valence-corrected chi connectivity index (χ0v) is 14.3. The van der Waals surface area contributed by atoms with Crippen LogP contribution in [0, 0.1) is 0 Å². The predicted octanol–water partition coefficient (Wildman–Crippen LogP) is 3.07. The summed E-state index contributed by atoms with van der Waals surface area (Å²) in [6, 6.07) is 14.1. The van der Waals surface area contributed by atoms with Gasteiger partial charge < -0.3 is 4.74 Å². The minimum absolute atomic E-state index is 0.0209. The molecule has 2 amide bonds. The Kier molecular flexibility index (Phi) is 5.24. The van der Waals surface area contributed by atoms with Crippen LogP contribution in [-0.4, -0.2) is 18.9 Å². The van der Waals surface area contributed by atoms with Crippen molar-refractivity contribution in [1.82, 2.24) is 10.9 Å². The molecule has 0 aliphatic carbocycles. The topological polar surface area (TPSA) is 67.4 Å². The fourth-order valence-corrected chi connectivity index (χ4v) is 2.21. The van der Waals surface area contributed by atoms with Gasteiger partial charge in [0.25, 0.3) is 11.8 Å². The molecule has 0 spiro atoms. The third-order valence-electron chi connectivity index (χ3n) is 3.65. The number of benzene rings is 2. The molecule has 5 nitrogen and oxygen atoms in total. The zero-order valence-electron chi connectivity index (χ0n) is 14.3. The standard InChI is InChI=1S/C19H22N2O3/c1-19(2,3)14-11-9-13(10-12-14)17(22)20-21-18(23)15-7-5-6-8-16(15)24-4/h5-12H,1-4H3,(H,20,22)(H,21,23). The molecule has 0 aromatic heterocycles. The first-order valence-electron chi connectivity index (χ1n) is 7.67. The zero-order chi connectivity index (χ0) is 17.7. The fourth-order valence-electron chi connectivity index (χ4n) is 2.21. The van der Waals surface area contributed by atoms with Crippen molar-refractivity contribution in [2.24, 2.45) is 0 Å². The lowest BCUT2D eigenvalue weighted by atomic mass is 9.87. The number of hydrogen-bond acceptors (Lipinski definition) is 3. The van der Waals surface area contributed by atoms with Crippen molar-refractivity contribution < 1.29 is 14.3 Å². The Balaban J connectivity index is 2.01. The van der Waals surface area contributed by atoms with E-state index in [1.54, 1.807) is 36.4 Å². The van der Waals surface area contributed by atoms with Crippen LogP contribution in [0.2, 0.25) is 0 Å². The first-order chi connectivity index (χ1) is 11.3. The summed E-state index contributed by atoms with van der Waals surface area (Å²) in [6.45, 7) is 6.32. The van der Waals surface area contributed by atoms with Crippen molar-refractivity contribution in [3.63, 3.8) is 0 Å². The molecule has 2 N–H and O–H groups in total. The van der Waals surface area contributed by atoms with E-state index < -0.39 is 5.91 Å². The quantitative estimate of drug-likeness (QED) is 0.852. The molecule has 2 aromatic rings. The molecule has 24 heavy (non-hydrogen) atoms. The van der Waals surface area contributed by atoms with Gasteiger partial charge in [-0.2, -0.15) is 0 Å². The lowest BCUT2D eigenvalue weighted by Crippen LogP contribution is -2.41. The molecule has 0 bridgehead atoms. The van der Waals surface area contributed by atoms with Crippen molar-refractivity contribution in [2.75, 3.05) is 7.11 Å². The van der Waals surface area contributed by atoms with E-state index in [9.17, 15) is 9.59 Å². The van der Waals surface area contributed by atoms with Crippen LogP contribution in [0.1, 0.15) is 47.1 Å². The van der Waals surface area contributed by atoms with Gasteiger partial charge >= 0.3 is 0 Å². The van der Waals surface area contributed by atoms with Gasteiger partial charge in [0, 0.05) is 5.56 Å². The second-order valence-corrected chi connectivity index (χ2v) is 6.44. The number of methoxy groups -OCH3 is 1. The Morgan fingerprint density at radius 1 is 0.875 bits per heavy atom. The molecule has 0 saturated carbocycles. The lowest BCUT2D eigenvalue weighted by molar-refractivity contribution is 0.0845. The summed E-state index contributed by atoms with van der Waals surface area (Å²) in [4.78, 5) is 24.3. The maximum absolute atomic E-state index is 12.1. The Labute approximate surface area is 142 Å². The van der Waals surface area contributed by atoms with Gasteiger partial charge in [-0.25, -0.2) is 0 Å². The van der Waals surface area contributed by atoms with E-state index in [0.29, 0.717) is 16.9 Å². The van der Waals surface area contributed by atoms with Crippen LogP contribution < -0.4 is 15.6 Å². The summed E-state index contributed by atoms with van der Waals surface area (Å²) in [5.41, 5.74) is 6.79. The lowest BCUT2D eigenvalue weighted by Gasteiger charge is -2.19. The smallest absolute Gasteiger partial charge is 0.273 e. The molecular weight excluding hydrogens is 304 g/mol. The number of ether oxygens (including phenoxy) is 1. The van der Waals surface area contributed by atoms with Crippen molar-refractivity contribution in [1.29, 1.82) is 0 Å². The second kappa shape index (κ2) is 7.17. The molecule has 0 fully saturated rings. The SMILES string of the molecule is COc1ccccc1C(=O)NNC(=O)c1ccc(C(C)(C)C)cc1. The summed E-state index contributed by atoms with van der Waals surface area (Å²) in [5.74, 6) is -0.371. The largest absolute Gasteiger partial charge is 0.496 e. The minimum Gasteiger partial charge on any atom is -0.496 e. The number of carbonyl (C=O) groups excluding carboxylic acids is 2. The number of nitrogens with one attached hydrogen (secondary N) is 2. The highest BCUT2D eigenvalue weighted by atomic mass is 16.5. The molecule has 0 heterocycles. The van der Waals surface area contributed by atoms with E-state index in [4.69, 9.17) is 4.74 Å². The number of hydrazine groups is 1. The van der Waals surface area contributed by atoms with E-state index in [0.717, 1.165) is 5.56 Å². The van der Waals surface area contributed by atoms with E-state index in [1.165, 1.54) is 7.11 Å². The van der Waals surface area contributed by atoms with Gasteiger partial charge in [0.1, 0.15) is 5.75 Å². The predicted molar refractivity (Wildman–Crippen MR) is 93.1 cm³/mol. The Hall–Kier alpha value is -2.82. The van der Waals surface area contributed by atoms with E-state index in [-0.39, 0.29) is 11.3 Å². The van der Waals surface area contributed by atoms with Crippen LogP contribution in [0.5, 0.6) is 5.75 Å². The highest BCUT2D eigenvalue weighted by Crippen LogP contribution is 2.22. The molecule has 5 heteroatoms.